The summed E-state index contributed by atoms with van der Waals surface area (Å²) in [5, 5.41) is 33.4. The third-order valence-electron chi connectivity index (χ3n) is 4.63. The molecule has 0 aliphatic carbocycles. The van der Waals surface area contributed by atoms with E-state index in [9.17, 15) is 15.3 Å². The van der Waals surface area contributed by atoms with Crippen LogP contribution in [0, 0.1) is 3.57 Å². The molecule has 1 aliphatic rings. The van der Waals surface area contributed by atoms with Crippen LogP contribution in [0.25, 0.3) is 11.2 Å². The molecule has 148 valence electrons. The number of rotatable bonds is 5. The van der Waals surface area contributed by atoms with Gasteiger partial charge in [-0.1, -0.05) is 23.7 Å². The summed E-state index contributed by atoms with van der Waals surface area (Å²) in [5.74, 6) is 0.505. The lowest BCUT2D eigenvalue weighted by Crippen LogP contribution is -2.33. The van der Waals surface area contributed by atoms with Crippen molar-refractivity contribution in [2.45, 2.75) is 31.1 Å². The second-order valence-corrected chi connectivity index (χ2v) is 7.88. The second-order valence-electron chi connectivity index (χ2n) is 6.34. The SMILES string of the molecule is OC[C@H]1O[C@@H](n2cnc3c(NCc4cccc(I)c4Cl)ncnc32)[C@H](O)[C@@H]1O. The number of ether oxygens (including phenoxy) is 1. The van der Waals surface area contributed by atoms with Gasteiger partial charge in [-0.25, -0.2) is 15.0 Å². The molecular weight excluding hydrogens is 501 g/mol. The molecule has 0 unspecified atom stereocenters. The summed E-state index contributed by atoms with van der Waals surface area (Å²) < 4.78 is 8.04. The fraction of sp³-hybridized carbons (Fsp3) is 0.353. The summed E-state index contributed by atoms with van der Waals surface area (Å²) in [6.07, 6.45) is -1.37. The highest BCUT2D eigenvalue weighted by atomic mass is 127. The number of hydrogen-bond donors (Lipinski definition) is 4. The third kappa shape index (κ3) is 3.44. The lowest BCUT2D eigenvalue weighted by molar-refractivity contribution is -0.0511. The van der Waals surface area contributed by atoms with E-state index in [1.165, 1.54) is 17.2 Å². The normalized spacial score (nSPS) is 24.8. The number of aromatic nitrogens is 4. The van der Waals surface area contributed by atoms with Crippen LogP contribution in [0.4, 0.5) is 5.82 Å². The molecule has 0 bridgehead atoms. The van der Waals surface area contributed by atoms with E-state index in [0.29, 0.717) is 28.5 Å². The summed E-state index contributed by atoms with van der Waals surface area (Å²) >= 11 is 8.51. The van der Waals surface area contributed by atoms with E-state index in [0.717, 1.165) is 9.13 Å². The van der Waals surface area contributed by atoms with Crippen LogP contribution in [0.5, 0.6) is 0 Å². The molecule has 1 aromatic carbocycles. The molecule has 11 heteroatoms. The molecule has 4 N–H and O–H groups in total. The minimum Gasteiger partial charge on any atom is -0.394 e. The quantitative estimate of drug-likeness (QED) is 0.373. The van der Waals surface area contributed by atoms with Gasteiger partial charge in [0.2, 0.25) is 0 Å². The lowest BCUT2D eigenvalue weighted by Gasteiger charge is -2.16. The van der Waals surface area contributed by atoms with Gasteiger partial charge in [-0.05, 0) is 34.2 Å². The smallest absolute Gasteiger partial charge is 0.167 e. The predicted molar refractivity (Wildman–Crippen MR) is 110 cm³/mol. The zero-order valence-electron chi connectivity index (χ0n) is 14.4. The fourth-order valence-electron chi connectivity index (χ4n) is 3.14. The van der Waals surface area contributed by atoms with Crippen LogP contribution in [0.2, 0.25) is 5.02 Å². The number of aliphatic hydroxyl groups is 3. The number of halogens is 2. The van der Waals surface area contributed by atoms with Crippen molar-refractivity contribution in [3.63, 3.8) is 0 Å². The molecule has 2 aromatic heterocycles. The number of anilines is 1. The molecule has 9 nitrogen and oxygen atoms in total. The molecule has 3 aromatic rings. The van der Waals surface area contributed by atoms with Crippen molar-refractivity contribution in [2.24, 2.45) is 0 Å². The maximum absolute atomic E-state index is 10.3. The van der Waals surface area contributed by atoms with Crippen molar-refractivity contribution >= 4 is 51.2 Å². The standard InChI is InChI=1S/C17H17ClIN5O4/c18-11-8(2-1-3-9(11)19)4-20-15-12-16(22-6-21-15)24(7-23-12)17-14(27)13(26)10(5-25)28-17/h1-3,6-7,10,13-14,17,25-27H,4-5H2,(H,20,21,22)/t10-,13-,14-,17-/m1/s1. The van der Waals surface area contributed by atoms with Gasteiger partial charge in [0, 0.05) is 10.1 Å². The first-order valence-electron chi connectivity index (χ1n) is 8.48. The average Bonchev–Trinajstić information content (AvgIpc) is 3.25. The predicted octanol–water partition coefficient (Wildman–Crippen LogP) is 1.31. The van der Waals surface area contributed by atoms with Gasteiger partial charge in [0.25, 0.3) is 0 Å². The molecule has 4 rings (SSSR count). The molecule has 0 spiro atoms. The molecule has 4 atom stereocenters. The van der Waals surface area contributed by atoms with Crippen LogP contribution >= 0.6 is 34.2 Å². The minimum atomic E-state index is -1.22. The highest BCUT2D eigenvalue weighted by molar-refractivity contribution is 14.1. The Hall–Kier alpha value is -1.57. The van der Waals surface area contributed by atoms with Crippen molar-refractivity contribution in [2.75, 3.05) is 11.9 Å². The van der Waals surface area contributed by atoms with Crippen LogP contribution < -0.4 is 5.32 Å². The van der Waals surface area contributed by atoms with Crippen LogP contribution in [-0.2, 0) is 11.3 Å². The number of benzene rings is 1. The Kier molecular flexibility index (Phi) is 5.67. The molecule has 1 aliphatic heterocycles. The molecule has 1 fully saturated rings. The summed E-state index contributed by atoms with van der Waals surface area (Å²) in [6, 6.07) is 5.78. The first kappa shape index (κ1) is 19.7. The molecule has 3 heterocycles. The van der Waals surface area contributed by atoms with Gasteiger partial charge in [-0.15, -0.1) is 0 Å². The van der Waals surface area contributed by atoms with E-state index in [2.05, 4.69) is 42.9 Å². The number of aliphatic hydroxyl groups excluding tert-OH is 3. The van der Waals surface area contributed by atoms with Crippen molar-refractivity contribution < 1.29 is 20.1 Å². The zero-order valence-corrected chi connectivity index (χ0v) is 17.3. The Morgan fingerprint density at radius 1 is 1.21 bits per heavy atom. The topological polar surface area (TPSA) is 126 Å². The maximum atomic E-state index is 10.3. The van der Waals surface area contributed by atoms with Gasteiger partial charge in [0.1, 0.15) is 24.6 Å². The van der Waals surface area contributed by atoms with Crippen molar-refractivity contribution in [1.29, 1.82) is 0 Å². The molecule has 28 heavy (non-hydrogen) atoms. The lowest BCUT2D eigenvalue weighted by atomic mass is 10.1. The Labute approximate surface area is 178 Å². The number of hydrogen-bond acceptors (Lipinski definition) is 8. The molecule has 1 saturated heterocycles. The van der Waals surface area contributed by atoms with Crippen LogP contribution in [0.3, 0.4) is 0 Å². The molecule has 0 saturated carbocycles. The zero-order chi connectivity index (χ0) is 19.8. The number of nitrogens with zero attached hydrogens (tertiary/aromatic N) is 4. The van der Waals surface area contributed by atoms with Gasteiger partial charge in [0.15, 0.2) is 23.2 Å². The van der Waals surface area contributed by atoms with Crippen molar-refractivity contribution in [1.82, 2.24) is 19.5 Å². The Morgan fingerprint density at radius 3 is 2.79 bits per heavy atom. The molecule has 0 radical (unpaired) electrons. The van der Waals surface area contributed by atoms with Gasteiger partial charge in [-0.2, -0.15) is 0 Å². The van der Waals surface area contributed by atoms with Gasteiger partial charge in [-0.3, -0.25) is 4.57 Å². The van der Waals surface area contributed by atoms with E-state index in [1.807, 2.05) is 18.2 Å². The number of nitrogens with one attached hydrogen (secondary N) is 1. The first-order chi connectivity index (χ1) is 13.5. The highest BCUT2D eigenvalue weighted by Gasteiger charge is 2.44. The largest absolute Gasteiger partial charge is 0.394 e. The van der Waals surface area contributed by atoms with E-state index in [4.69, 9.17) is 16.3 Å². The Bertz CT molecular complexity index is 1000. The number of imidazole rings is 1. The van der Waals surface area contributed by atoms with E-state index < -0.39 is 31.1 Å². The summed E-state index contributed by atoms with van der Waals surface area (Å²) in [5.41, 5.74) is 1.84. The van der Waals surface area contributed by atoms with Crippen LogP contribution in [0.15, 0.2) is 30.9 Å². The highest BCUT2D eigenvalue weighted by Crippen LogP contribution is 2.32. The average molecular weight is 518 g/mol. The second kappa shape index (κ2) is 8.05. The molecular formula is C17H17ClIN5O4. The number of fused-ring (bicyclic) bond motifs is 1. The van der Waals surface area contributed by atoms with Crippen LogP contribution in [0.1, 0.15) is 11.8 Å². The van der Waals surface area contributed by atoms with E-state index >= 15 is 0 Å². The van der Waals surface area contributed by atoms with Crippen LogP contribution in [-0.4, -0.2) is 59.8 Å². The summed E-state index contributed by atoms with van der Waals surface area (Å²) in [6.45, 7) is 0.0439. The molecule has 0 amide bonds. The minimum absolute atomic E-state index is 0.403. The van der Waals surface area contributed by atoms with Gasteiger partial charge >= 0.3 is 0 Å². The van der Waals surface area contributed by atoms with Crippen molar-refractivity contribution in [3.8, 4) is 0 Å². The maximum Gasteiger partial charge on any atom is 0.167 e. The van der Waals surface area contributed by atoms with Crippen molar-refractivity contribution in [3.05, 3.63) is 45.0 Å². The Balaban J connectivity index is 1.61. The monoisotopic (exact) mass is 517 g/mol. The third-order valence-corrected chi connectivity index (χ3v) is 6.29. The first-order valence-corrected chi connectivity index (χ1v) is 9.93. The van der Waals surface area contributed by atoms with E-state index in [1.54, 1.807) is 0 Å². The summed E-state index contributed by atoms with van der Waals surface area (Å²) in [7, 11) is 0. The van der Waals surface area contributed by atoms with Gasteiger partial charge in [0.05, 0.1) is 18.0 Å². The van der Waals surface area contributed by atoms with Gasteiger partial charge < -0.3 is 25.4 Å². The fourth-order valence-corrected chi connectivity index (χ4v) is 3.89. The Morgan fingerprint density at radius 2 is 2.04 bits per heavy atom. The van der Waals surface area contributed by atoms with E-state index in [-0.39, 0.29) is 0 Å². The summed E-state index contributed by atoms with van der Waals surface area (Å²) in [4.78, 5) is 12.8.